The molecule has 1 fully saturated rings. The summed E-state index contributed by atoms with van der Waals surface area (Å²) >= 11 is 6.42. The van der Waals surface area contributed by atoms with E-state index in [4.69, 9.17) is 12.2 Å². The molecule has 0 bridgehead atoms. The van der Waals surface area contributed by atoms with Crippen molar-refractivity contribution in [2.75, 3.05) is 42.9 Å². The lowest BCUT2D eigenvalue weighted by Crippen LogP contribution is -2.46. The van der Waals surface area contributed by atoms with Gasteiger partial charge in [0.2, 0.25) is 0 Å². The van der Waals surface area contributed by atoms with E-state index in [1.54, 1.807) is 18.2 Å². The molecule has 29 heavy (non-hydrogen) atoms. The number of hydrogen-bond donors (Lipinski definition) is 2. The monoisotopic (exact) mass is 426 g/mol. The van der Waals surface area contributed by atoms with Crippen LogP contribution in [0.25, 0.3) is 11.0 Å². The van der Waals surface area contributed by atoms with E-state index in [2.05, 4.69) is 48.2 Å². The van der Waals surface area contributed by atoms with E-state index in [9.17, 15) is 4.79 Å². The lowest BCUT2D eigenvalue weighted by molar-refractivity contribution is 0.0978. The molecule has 4 rings (SSSR count). The summed E-state index contributed by atoms with van der Waals surface area (Å²) in [7, 11) is 0. The van der Waals surface area contributed by atoms with Crippen molar-refractivity contribution in [2.24, 2.45) is 0 Å². The summed E-state index contributed by atoms with van der Waals surface area (Å²) in [6.07, 6.45) is 0. The number of nitrogens with zero attached hydrogens (tertiary/aromatic N) is 4. The van der Waals surface area contributed by atoms with Crippen LogP contribution in [-0.2, 0) is 0 Å². The van der Waals surface area contributed by atoms with Crippen molar-refractivity contribution in [3.8, 4) is 0 Å². The van der Waals surface area contributed by atoms with Gasteiger partial charge in [-0.1, -0.05) is 6.92 Å². The standard InChI is InChI=1S/C20H22N6OS2/c1-2-25-9-11-26(12-10-25)16-6-4-15(5-7-16)21-20(28)22-19(27)14-3-8-17-18(13-14)24-29-23-17/h3-8,13H,2,9-12H2,1H3,(H2,21,22,27,28). The number of thiocarbonyl (C=S) groups is 1. The highest BCUT2D eigenvalue weighted by atomic mass is 32.1. The Labute approximate surface area is 179 Å². The zero-order valence-electron chi connectivity index (χ0n) is 16.1. The molecule has 150 valence electrons. The van der Waals surface area contributed by atoms with Crippen molar-refractivity contribution in [3.63, 3.8) is 0 Å². The lowest BCUT2D eigenvalue weighted by Gasteiger charge is -2.35. The smallest absolute Gasteiger partial charge is 0.257 e. The molecule has 9 heteroatoms. The van der Waals surface area contributed by atoms with E-state index in [1.165, 1.54) is 5.69 Å². The average Bonchev–Trinajstić information content (AvgIpc) is 3.22. The number of hydrogen-bond acceptors (Lipinski definition) is 7. The van der Waals surface area contributed by atoms with Gasteiger partial charge in [0, 0.05) is 43.1 Å². The van der Waals surface area contributed by atoms with Crippen LogP contribution in [0.5, 0.6) is 0 Å². The summed E-state index contributed by atoms with van der Waals surface area (Å²) in [5.41, 5.74) is 4.02. The SMILES string of the molecule is CCN1CCN(c2ccc(NC(=S)NC(=O)c3ccc4nsnc4c3)cc2)CC1. The maximum Gasteiger partial charge on any atom is 0.257 e. The molecule has 0 unspecified atom stereocenters. The van der Waals surface area contributed by atoms with Gasteiger partial charge in [-0.05, 0) is 61.2 Å². The van der Waals surface area contributed by atoms with Crippen molar-refractivity contribution in [1.29, 1.82) is 0 Å². The highest BCUT2D eigenvalue weighted by Crippen LogP contribution is 2.19. The van der Waals surface area contributed by atoms with E-state index >= 15 is 0 Å². The first-order valence-corrected chi connectivity index (χ1v) is 10.7. The molecule has 0 saturated carbocycles. The average molecular weight is 427 g/mol. The molecule has 1 aromatic heterocycles. The molecule has 2 heterocycles. The van der Waals surface area contributed by atoms with Gasteiger partial charge in [0.15, 0.2) is 5.11 Å². The van der Waals surface area contributed by atoms with E-state index in [1.807, 2.05) is 12.1 Å². The van der Waals surface area contributed by atoms with Crippen molar-refractivity contribution in [3.05, 3.63) is 48.0 Å². The summed E-state index contributed by atoms with van der Waals surface area (Å²) in [4.78, 5) is 17.3. The van der Waals surface area contributed by atoms with Crippen LogP contribution in [0.3, 0.4) is 0 Å². The Morgan fingerprint density at radius 2 is 1.79 bits per heavy atom. The molecular weight excluding hydrogens is 404 g/mol. The minimum absolute atomic E-state index is 0.260. The number of rotatable bonds is 4. The summed E-state index contributed by atoms with van der Waals surface area (Å²) in [6, 6.07) is 13.3. The molecule has 1 aliphatic heterocycles. The Bertz CT molecular complexity index is 1010. The van der Waals surface area contributed by atoms with Crippen molar-refractivity contribution in [2.45, 2.75) is 6.92 Å². The molecule has 1 saturated heterocycles. The number of anilines is 2. The molecule has 0 spiro atoms. The number of benzene rings is 2. The van der Waals surface area contributed by atoms with Crippen LogP contribution in [0, 0.1) is 0 Å². The normalized spacial score (nSPS) is 14.7. The predicted octanol–water partition coefficient (Wildman–Crippen LogP) is 2.96. The number of likely N-dealkylation sites (N-methyl/N-ethyl adjacent to an activating group) is 1. The first-order valence-electron chi connectivity index (χ1n) is 9.54. The molecule has 3 aromatic rings. The Morgan fingerprint density at radius 3 is 2.52 bits per heavy atom. The highest BCUT2D eigenvalue weighted by molar-refractivity contribution is 7.80. The zero-order chi connectivity index (χ0) is 20.2. The molecule has 0 atom stereocenters. The van der Waals surface area contributed by atoms with E-state index < -0.39 is 0 Å². The molecule has 1 amide bonds. The van der Waals surface area contributed by atoms with Gasteiger partial charge in [-0.3, -0.25) is 10.1 Å². The predicted molar refractivity (Wildman–Crippen MR) is 122 cm³/mol. The Morgan fingerprint density at radius 1 is 1.07 bits per heavy atom. The van der Waals surface area contributed by atoms with E-state index in [0.29, 0.717) is 11.1 Å². The summed E-state index contributed by atoms with van der Waals surface area (Å²) in [5.74, 6) is -0.275. The second-order valence-electron chi connectivity index (χ2n) is 6.84. The molecule has 2 N–H and O–H groups in total. The van der Waals surface area contributed by atoms with Crippen LogP contribution in [0.4, 0.5) is 11.4 Å². The molecule has 1 aliphatic rings. The van der Waals surface area contributed by atoms with Gasteiger partial charge in [-0.15, -0.1) is 0 Å². The fraction of sp³-hybridized carbons (Fsp3) is 0.300. The van der Waals surface area contributed by atoms with Gasteiger partial charge in [0.05, 0.1) is 11.7 Å². The summed E-state index contributed by atoms with van der Waals surface area (Å²) in [5, 5.41) is 6.04. The molecular formula is C20H22N6OS2. The van der Waals surface area contributed by atoms with Crippen LogP contribution in [0.15, 0.2) is 42.5 Å². The quantitative estimate of drug-likeness (QED) is 0.622. The van der Waals surface area contributed by atoms with E-state index in [-0.39, 0.29) is 11.0 Å². The molecule has 7 nitrogen and oxygen atoms in total. The fourth-order valence-corrected chi connectivity index (χ4v) is 4.07. The second kappa shape index (κ2) is 8.81. The number of carbonyl (C=O) groups excluding carboxylic acids is 1. The first-order chi connectivity index (χ1) is 14.1. The number of piperazine rings is 1. The Kier molecular flexibility index (Phi) is 5.98. The zero-order valence-corrected chi connectivity index (χ0v) is 17.7. The minimum atomic E-state index is -0.275. The van der Waals surface area contributed by atoms with Crippen LogP contribution < -0.4 is 15.5 Å². The molecule has 0 aliphatic carbocycles. The van der Waals surface area contributed by atoms with Gasteiger partial charge in [0.25, 0.3) is 5.91 Å². The first kappa shape index (κ1) is 19.7. The van der Waals surface area contributed by atoms with Crippen molar-refractivity contribution in [1.82, 2.24) is 19.0 Å². The van der Waals surface area contributed by atoms with Gasteiger partial charge < -0.3 is 15.1 Å². The number of nitrogens with one attached hydrogen (secondary N) is 2. The Balaban J connectivity index is 1.32. The Hall–Kier alpha value is -2.62. The minimum Gasteiger partial charge on any atom is -0.369 e. The van der Waals surface area contributed by atoms with Gasteiger partial charge in [0.1, 0.15) is 11.0 Å². The molecule has 2 aromatic carbocycles. The maximum absolute atomic E-state index is 12.4. The third-order valence-electron chi connectivity index (χ3n) is 5.05. The largest absolute Gasteiger partial charge is 0.369 e. The maximum atomic E-state index is 12.4. The van der Waals surface area contributed by atoms with Crippen LogP contribution in [0.2, 0.25) is 0 Å². The fourth-order valence-electron chi connectivity index (χ4n) is 3.34. The van der Waals surface area contributed by atoms with Crippen LogP contribution >= 0.6 is 23.9 Å². The van der Waals surface area contributed by atoms with Gasteiger partial charge in [-0.25, -0.2) is 0 Å². The summed E-state index contributed by atoms with van der Waals surface area (Å²) in [6.45, 7) is 7.56. The number of carbonyl (C=O) groups is 1. The lowest BCUT2D eigenvalue weighted by atomic mass is 10.2. The topological polar surface area (TPSA) is 73.4 Å². The summed E-state index contributed by atoms with van der Waals surface area (Å²) < 4.78 is 8.30. The van der Waals surface area contributed by atoms with E-state index in [0.717, 1.165) is 55.7 Å². The van der Waals surface area contributed by atoms with Gasteiger partial charge >= 0.3 is 0 Å². The number of amides is 1. The van der Waals surface area contributed by atoms with Crippen molar-refractivity contribution >= 4 is 57.4 Å². The third kappa shape index (κ3) is 4.69. The third-order valence-corrected chi connectivity index (χ3v) is 5.81. The van der Waals surface area contributed by atoms with Crippen LogP contribution in [-0.4, -0.2) is 57.4 Å². The highest BCUT2D eigenvalue weighted by Gasteiger charge is 2.16. The second-order valence-corrected chi connectivity index (χ2v) is 7.78. The van der Waals surface area contributed by atoms with Crippen molar-refractivity contribution < 1.29 is 4.79 Å². The number of fused-ring (bicyclic) bond motifs is 1. The molecule has 0 radical (unpaired) electrons. The van der Waals surface area contributed by atoms with Gasteiger partial charge in [-0.2, -0.15) is 8.75 Å². The van der Waals surface area contributed by atoms with Crippen LogP contribution in [0.1, 0.15) is 17.3 Å². The number of aromatic nitrogens is 2.